The number of methoxy groups -OCH3 is 1. The number of carbonyl (C=O) groups excluding carboxylic acids is 2. The molecule has 7 heteroatoms. The lowest BCUT2D eigenvalue weighted by Crippen LogP contribution is -2.60. The third kappa shape index (κ3) is 4.24. The van der Waals surface area contributed by atoms with Crippen molar-refractivity contribution >= 4 is 12.1 Å². The van der Waals surface area contributed by atoms with Crippen LogP contribution in [0.15, 0.2) is 12.1 Å². The molecule has 7 nitrogen and oxygen atoms in total. The largest absolute Gasteiger partial charge is 0.464 e. The minimum absolute atomic E-state index is 0.234. The van der Waals surface area contributed by atoms with Crippen molar-refractivity contribution in [2.24, 2.45) is 0 Å². The molecule has 0 atom stereocenters. The summed E-state index contributed by atoms with van der Waals surface area (Å²) < 4.78 is 9.94. The first kappa shape index (κ1) is 16.4. The number of H-pyrrole nitrogens is 1. The number of aromatic nitrogens is 1. The Morgan fingerprint density at radius 2 is 2.05 bits per heavy atom. The highest BCUT2D eigenvalue weighted by Crippen LogP contribution is 2.15. The zero-order valence-electron chi connectivity index (χ0n) is 13.4. The molecule has 122 valence electrons. The van der Waals surface area contributed by atoms with E-state index in [2.05, 4.69) is 15.0 Å². The minimum atomic E-state index is -0.468. The maximum Gasteiger partial charge on any atom is 0.410 e. The van der Waals surface area contributed by atoms with E-state index in [1.54, 1.807) is 11.0 Å². The molecule has 1 aliphatic heterocycles. The fourth-order valence-electron chi connectivity index (χ4n) is 2.11. The van der Waals surface area contributed by atoms with Crippen molar-refractivity contribution < 1.29 is 19.1 Å². The summed E-state index contributed by atoms with van der Waals surface area (Å²) in [5.41, 5.74) is 0.865. The van der Waals surface area contributed by atoms with E-state index >= 15 is 0 Å². The van der Waals surface area contributed by atoms with Crippen LogP contribution < -0.4 is 5.32 Å². The van der Waals surface area contributed by atoms with Gasteiger partial charge in [0.15, 0.2) is 0 Å². The second-order valence-corrected chi connectivity index (χ2v) is 6.35. The van der Waals surface area contributed by atoms with Gasteiger partial charge in [-0.25, -0.2) is 9.59 Å². The van der Waals surface area contributed by atoms with Gasteiger partial charge in [-0.2, -0.15) is 0 Å². The number of carbonyl (C=O) groups is 2. The van der Waals surface area contributed by atoms with Crippen LogP contribution in [0.25, 0.3) is 0 Å². The summed E-state index contributed by atoms with van der Waals surface area (Å²) in [5, 5.41) is 3.32. The standard InChI is InChI=1S/C15H23N3O4/c1-15(2,3)22-14(20)18-8-11(9-18)16-7-10-5-6-12(17-10)13(19)21-4/h5-6,11,16-17H,7-9H2,1-4H3. The topological polar surface area (TPSA) is 83.7 Å². The van der Waals surface area contributed by atoms with Crippen molar-refractivity contribution in [2.45, 2.75) is 39.0 Å². The average Bonchev–Trinajstić information content (AvgIpc) is 2.82. The Bertz CT molecular complexity index is 541. The van der Waals surface area contributed by atoms with Crippen LogP contribution in [0.3, 0.4) is 0 Å². The van der Waals surface area contributed by atoms with Gasteiger partial charge in [0.1, 0.15) is 11.3 Å². The molecular formula is C15H23N3O4. The normalized spacial score (nSPS) is 15.4. The monoisotopic (exact) mass is 309 g/mol. The van der Waals surface area contributed by atoms with Crippen LogP contribution in [0, 0.1) is 0 Å². The molecule has 1 fully saturated rings. The summed E-state index contributed by atoms with van der Waals surface area (Å²) in [6.45, 7) is 7.41. The van der Waals surface area contributed by atoms with Gasteiger partial charge < -0.3 is 24.7 Å². The molecular weight excluding hydrogens is 286 g/mol. The highest BCUT2D eigenvalue weighted by Gasteiger charge is 2.33. The number of ether oxygens (including phenoxy) is 2. The molecule has 0 saturated carbocycles. The van der Waals surface area contributed by atoms with E-state index in [0.29, 0.717) is 25.3 Å². The van der Waals surface area contributed by atoms with Crippen molar-refractivity contribution in [3.05, 3.63) is 23.5 Å². The number of hydrogen-bond acceptors (Lipinski definition) is 5. The minimum Gasteiger partial charge on any atom is -0.464 e. The maximum atomic E-state index is 11.8. The molecule has 0 aromatic carbocycles. The molecule has 0 radical (unpaired) electrons. The third-order valence-electron chi connectivity index (χ3n) is 3.27. The van der Waals surface area contributed by atoms with Crippen molar-refractivity contribution in [3.63, 3.8) is 0 Å². The molecule has 1 aliphatic rings. The number of nitrogens with zero attached hydrogens (tertiary/aromatic N) is 1. The van der Waals surface area contributed by atoms with E-state index in [1.807, 2.05) is 26.8 Å². The maximum absolute atomic E-state index is 11.8. The van der Waals surface area contributed by atoms with Crippen LogP contribution in [0.2, 0.25) is 0 Å². The van der Waals surface area contributed by atoms with E-state index in [-0.39, 0.29) is 18.1 Å². The fourth-order valence-corrected chi connectivity index (χ4v) is 2.11. The Morgan fingerprint density at radius 3 is 2.64 bits per heavy atom. The highest BCUT2D eigenvalue weighted by molar-refractivity contribution is 5.87. The zero-order chi connectivity index (χ0) is 16.3. The Labute approximate surface area is 130 Å². The highest BCUT2D eigenvalue weighted by atomic mass is 16.6. The molecule has 0 spiro atoms. The number of amides is 1. The number of likely N-dealkylation sites (tertiary alicyclic amines) is 1. The number of hydrogen-bond donors (Lipinski definition) is 2. The van der Waals surface area contributed by atoms with Crippen LogP contribution in [0.5, 0.6) is 0 Å². The molecule has 0 aliphatic carbocycles. The van der Waals surface area contributed by atoms with E-state index in [4.69, 9.17) is 4.74 Å². The molecule has 2 N–H and O–H groups in total. The van der Waals surface area contributed by atoms with E-state index in [9.17, 15) is 9.59 Å². The van der Waals surface area contributed by atoms with Crippen LogP contribution in [0.4, 0.5) is 4.79 Å². The van der Waals surface area contributed by atoms with E-state index in [1.165, 1.54) is 7.11 Å². The lowest BCUT2D eigenvalue weighted by molar-refractivity contribution is 0.00514. The van der Waals surface area contributed by atoms with Gasteiger partial charge in [-0.15, -0.1) is 0 Å². The Kier molecular flexibility index (Phi) is 4.75. The molecule has 2 rings (SSSR count). The Balaban J connectivity index is 1.71. The molecule has 0 bridgehead atoms. The van der Waals surface area contributed by atoms with E-state index in [0.717, 1.165) is 5.69 Å². The van der Waals surface area contributed by atoms with Gasteiger partial charge >= 0.3 is 12.1 Å². The first-order chi connectivity index (χ1) is 10.3. The number of nitrogens with one attached hydrogen (secondary N) is 2. The first-order valence-electron chi connectivity index (χ1n) is 7.26. The second kappa shape index (κ2) is 6.39. The summed E-state index contributed by atoms with van der Waals surface area (Å²) in [5.74, 6) is -0.383. The molecule has 0 unspecified atom stereocenters. The summed E-state index contributed by atoms with van der Waals surface area (Å²) in [7, 11) is 1.35. The van der Waals surface area contributed by atoms with Gasteiger partial charge in [0, 0.05) is 31.4 Å². The second-order valence-electron chi connectivity index (χ2n) is 6.35. The van der Waals surface area contributed by atoms with Crippen LogP contribution >= 0.6 is 0 Å². The molecule has 1 saturated heterocycles. The van der Waals surface area contributed by atoms with Gasteiger partial charge in [0.2, 0.25) is 0 Å². The molecule has 1 aromatic heterocycles. The Morgan fingerprint density at radius 1 is 1.36 bits per heavy atom. The molecule has 2 heterocycles. The van der Waals surface area contributed by atoms with Crippen molar-refractivity contribution in [3.8, 4) is 0 Å². The van der Waals surface area contributed by atoms with Crippen molar-refractivity contribution in [1.29, 1.82) is 0 Å². The van der Waals surface area contributed by atoms with Gasteiger partial charge in [0.05, 0.1) is 7.11 Å². The Hall–Kier alpha value is -2.02. The molecule has 1 amide bonds. The quantitative estimate of drug-likeness (QED) is 0.824. The van der Waals surface area contributed by atoms with Crippen LogP contribution in [-0.2, 0) is 16.0 Å². The predicted octanol–water partition coefficient (Wildman–Crippen LogP) is 1.51. The van der Waals surface area contributed by atoms with Gasteiger partial charge in [-0.3, -0.25) is 0 Å². The number of esters is 1. The summed E-state index contributed by atoms with van der Waals surface area (Å²) in [6.07, 6.45) is -0.279. The lowest BCUT2D eigenvalue weighted by atomic mass is 10.1. The van der Waals surface area contributed by atoms with Gasteiger partial charge in [-0.05, 0) is 32.9 Å². The zero-order valence-corrected chi connectivity index (χ0v) is 13.4. The third-order valence-corrected chi connectivity index (χ3v) is 3.27. The van der Waals surface area contributed by atoms with Crippen molar-refractivity contribution in [1.82, 2.24) is 15.2 Å². The number of rotatable bonds is 4. The fraction of sp³-hybridized carbons (Fsp3) is 0.600. The van der Waals surface area contributed by atoms with Crippen molar-refractivity contribution in [2.75, 3.05) is 20.2 Å². The van der Waals surface area contributed by atoms with Gasteiger partial charge in [-0.1, -0.05) is 0 Å². The van der Waals surface area contributed by atoms with Crippen LogP contribution in [0.1, 0.15) is 37.0 Å². The number of aromatic amines is 1. The summed E-state index contributed by atoms with van der Waals surface area (Å²) >= 11 is 0. The smallest absolute Gasteiger partial charge is 0.410 e. The average molecular weight is 309 g/mol. The lowest BCUT2D eigenvalue weighted by Gasteiger charge is -2.40. The summed E-state index contributed by atoms with van der Waals surface area (Å²) in [4.78, 5) is 27.8. The molecule has 22 heavy (non-hydrogen) atoms. The van der Waals surface area contributed by atoms with Gasteiger partial charge in [0.25, 0.3) is 0 Å². The summed E-state index contributed by atoms with van der Waals surface area (Å²) in [6, 6.07) is 3.76. The molecule has 1 aromatic rings. The van der Waals surface area contributed by atoms with Crippen LogP contribution in [-0.4, -0.2) is 53.8 Å². The first-order valence-corrected chi connectivity index (χ1v) is 7.26. The predicted molar refractivity (Wildman–Crippen MR) is 80.6 cm³/mol. The van der Waals surface area contributed by atoms with E-state index < -0.39 is 5.60 Å². The SMILES string of the molecule is COC(=O)c1ccc(CNC2CN(C(=O)OC(C)(C)C)C2)[nH]1.